The quantitative estimate of drug-likeness (QED) is 0.901. The SMILES string of the molecule is NCCc1cn2nc(C3CCCCC3)ccc2n1. The van der Waals surface area contributed by atoms with E-state index in [2.05, 4.69) is 17.1 Å². The Kier molecular flexibility index (Phi) is 3.28. The highest BCUT2D eigenvalue weighted by Gasteiger charge is 2.17. The van der Waals surface area contributed by atoms with E-state index >= 15 is 0 Å². The Morgan fingerprint density at radius 2 is 2.06 bits per heavy atom. The number of nitrogens with two attached hydrogens (primary N) is 1. The molecule has 0 bridgehead atoms. The van der Waals surface area contributed by atoms with Gasteiger partial charge in [-0.3, -0.25) is 0 Å². The van der Waals surface area contributed by atoms with Crippen LogP contribution in [0.15, 0.2) is 18.3 Å². The molecule has 4 nitrogen and oxygen atoms in total. The highest BCUT2D eigenvalue weighted by Crippen LogP contribution is 2.31. The van der Waals surface area contributed by atoms with E-state index in [1.807, 2.05) is 10.7 Å². The van der Waals surface area contributed by atoms with Crippen LogP contribution < -0.4 is 5.73 Å². The van der Waals surface area contributed by atoms with E-state index in [4.69, 9.17) is 10.8 Å². The molecule has 1 aliphatic carbocycles. The van der Waals surface area contributed by atoms with Crippen LogP contribution in [0.2, 0.25) is 0 Å². The predicted octanol–water partition coefficient (Wildman–Crippen LogP) is 2.28. The predicted molar refractivity (Wildman–Crippen MR) is 71.6 cm³/mol. The van der Waals surface area contributed by atoms with Gasteiger partial charge in [-0.05, 0) is 31.5 Å². The second kappa shape index (κ2) is 5.06. The molecular formula is C14H20N4. The van der Waals surface area contributed by atoms with Crippen LogP contribution in [0.1, 0.15) is 49.4 Å². The Morgan fingerprint density at radius 1 is 1.22 bits per heavy atom. The molecule has 0 saturated heterocycles. The van der Waals surface area contributed by atoms with Crippen molar-refractivity contribution < 1.29 is 0 Å². The fraction of sp³-hybridized carbons (Fsp3) is 0.571. The number of nitrogens with zero attached hydrogens (tertiary/aromatic N) is 3. The van der Waals surface area contributed by atoms with Crippen molar-refractivity contribution in [3.05, 3.63) is 29.7 Å². The molecule has 18 heavy (non-hydrogen) atoms. The van der Waals surface area contributed by atoms with E-state index in [1.54, 1.807) is 0 Å². The second-order valence-corrected chi connectivity index (χ2v) is 5.17. The van der Waals surface area contributed by atoms with E-state index in [-0.39, 0.29) is 0 Å². The first-order valence-electron chi connectivity index (χ1n) is 6.92. The molecule has 0 aromatic carbocycles. The van der Waals surface area contributed by atoms with E-state index in [1.165, 1.54) is 37.8 Å². The monoisotopic (exact) mass is 244 g/mol. The smallest absolute Gasteiger partial charge is 0.153 e. The van der Waals surface area contributed by atoms with Crippen LogP contribution in [0.25, 0.3) is 5.65 Å². The Morgan fingerprint density at radius 3 is 2.83 bits per heavy atom. The summed E-state index contributed by atoms with van der Waals surface area (Å²) in [7, 11) is 0. The van der Waals surface area contributed by atoms with Crippen molar-refractivity contribution in [1.29, 1.82) is 0 Å². The van der Waals surface area contributed by atoms with Crippen molar-refractivity contribution in [3.63, 3.8) is 0 Å². The lowest BCUT2D eigenvalue weighted by molar-refractivity contribution is 0.433. The highest BCUT2D eigenvalue weighted by atomic mass is 15.2. The Balaban J connectivity index is 1.89. The maximum absolute atomic E-state index is 5.56. The van der Waals surface area contributed by atoms with Gasteiger partial charge in [-0.2, -0.15) is 5.10 Å². The molecular weight excluding hydrogens is 224 g/mol. The lowest BCUT2D eigenvalue weighted by atomic mass is 9.87. The number of rotatable bonds is 3. The molecule has 1 fully saturated rings. The zero-order chi connectivity index (χ0) is 12.4. The summed E-state index contributed by atoms with van der Waals surface area (Å²) in [4.78, 5) is 4.51. The fourth-order valence-electron chi connectivity index (χ4n) is 2.83. The van der Waals surface area contributed by atoms with Gasteiger partial charge < -0.3 is 5.73 Å². The van der Waals surface area contributed by atoms with Gasteiger partial charge in [0.2, 0.25) is 0 Å². The van der Waals surface area contributed by atoms with Crippen LogP contribution in [0.4, 0.5) is 0 Å². The van der Waals surface area contributed by atoms with Crippen LogP contribution in [0.5, 0.6) is 0 Å². The van der Waals surface area contributed by atoms with Gasteiger partial charge in [0.1, 0.15) is 0 Å². The van der Waals surface area contributed by atoms with Crippen molar-refractivity contribution in [1.82, 2.24) is 14.6 Å². The fourth-order valence-corrected chi connectivity index (χ4v) is 2.83. The molecule has 2 N–H and O–H groups in total. The lowest BCUT2D eigenvalue weighted by Gasteiger charge is -2.20. The lowest BCUT2D eigenvalue weighted by Crippen LogP contribution is -2.08. The van der Waals surface area contributed by atoms with Crippen LogP contribution in [-0.2, 0) is 6.42 Å². The van der Waals surface area contributed by atoms with Crippen molar-refractivity contribution >= 4 is 5.65 Å². The first-order chi connectivity index (χ1) is 8.86. The Hall–Kier alpha value is -1.42. The molecule has 3 rings (SSSR count). The van der Waals surface area contributed by atoms with E-state index in [0.717, 1.165) is 17.8 Å². The molecule has 1 saturated carbocycles. The van der Waals surface area contributed by atoms with Crippen LogP contribution in [-0.4, -0.2) is 21.1 Å². The normalized spacial score (nSPS) is 17.4. The summed E-state index contributed by atoms with van der Waals surface area (Å²) in [5.41, 5.74) is 8.74. The number of hydrogen-bond acceptors (Lipinski definition) is 3. The number of fused-ring (bicyclic) bond motifs is 1. The average Bonchev–Trinajstić information content (AvgIpc) is 2.81. The Labute approximate surface area is 107 Å². The molecule has 0 spiro atoms. The topological polar surface area (TPSA) is 56.2 Å². The molecule has 1 aliphatic rings. The number of imidazole rings is 1. The standard InChI is InChI=1S/C14H20N4/c15-9-8-12-10-18-14(16-12)7-6-13(17-18)11-4-2-1-3-5-11/h6-7,10-11H,1-5,8-9,15H2. The second-order valence-electron chi connectivity index (χ2n) is 5.17. The third-order valence-electron chi connectivity index (χ3n) is 3.81. The maximum atomic E-state index is 5.56. The van der Waals surface area contributed by atoms with Gasteiger partial charge in [0.25, 0.3) is 0 Å². The van der Waals surface area contributed by atoms with Gasteiger partial charge >= 0.3 is 0 Å². The van der Waals surface area contributed by atoms with Gasteiger partial charge in [-0.1, -0.05) is 19.3 Å². The molecule has 0 atom stereocenters. The zero-order valence-electron chi connectivity index (χ0n) is 10.7. The van der Waals surface area contributed by atoms with Crippen molar-refractivity contribution in [2.75, 3.05) is 6.54 Å². The van der Waals surface area contributed by atoms with Gasteiger partial charge in [0, 0.05) is 12.3 Å². The van der Waals surface area contributed by atoms with E-state index < -0.39 is 0 Å². The Bertz CT molecular complexity index is 526. The summed E-state index contributed by atoms with van der Waals surface area (Å²) >= 11 is 0. The third-order valence-corrected chi connectivity index (χ3v) is 3.81. The highest BCUT2D eigenvalue weighted by molar-refractivity contribution is 5.39. The molecule has 0 amide bonds. The summed E-state index contributed by atoms with van der Waals surface area (Å²) in [5.74, 6) is 0.642. The van der Waals surface area contributed by atoms with Crippen molar-refractivity contribution in [2.45, 2.75) is 44.4 Å². The van der Waals surface area contributed by atoms with Gasteiger partial charge in [0.15, 0.2) is 5.65 Å². The van der Waals surface area contributed by atoms with Gasteiger partial charge in [-0.25, -0.2) is 9.50 Å². The summed E-state index contributed by atoms with van der Waals surface area (Å²) in [6, 6.07) is 4.22. The van der Waals surface area contributed by atoms with Crippen LogP contribution in [0.3, 0.4) is 0 Å². The van der Waals surface area contributed by atoms with Crippen molar-refractivity contribution in [2.24, 2.45) is 5.73 Å². The van der Waals surface area contributed by atoms with Gasteiger partial charge in [0.05, 0.1) is 17.6 Å². The maximum Gasteiger partial charge on any atom is 0.153 e. The summed E-state index contributed by atoms with van der Waals surface area (Å²) in [6.45, 7) is 0.638. The van der Waals surface area contributed by atoms with E-state index in [0.29, 0.717) is 12.5 Å². The summed E-state index contributed by atoms with van der Waals surface area (Å²) < 4.78 is 1.91. The molecule has 2 heterocycles. The largest absolute Gasteiger partial charge is 0.330 e. The first kappa shape index (κ1) is 11.7. The third kappa shape index (κ3) is 2.25. The molecule has 0 radical (unpaired) electrons. The molecule has 96 valence electrons. The van der Waals surface area contributed by atoms with E-state index in [9.17, 15) is 0 Å². The van der Waals surface area contributed by atoms with Crippen LogP contribution in [0, 0.1) is 0 Å². The van der Waals surface area contributed by atoms with Crippen LogP contribution >= 0.6 is 0 Å². The van der Waals surface area contributed by atoms with Crippen molar-refractivity contribution in [3.8, 4) is 0 Å². The number of aromatic nitrogens is 3. The molecule has 0 aliphatic heterocycles. The number of hydrogen-bond donors (Lipinski definition) is 1. The first-order valence-corrected chi connectivity index (χ1v) is 6.92. The molecule has 0 unspecified atom stereocenters. The summed E-state index contributed by atoms with van der Waals surface area (Å²) in [5, 5.41) is 4.72. The zero-order valence-corrected chi connectivity index (χ0v) is 10.7. The molecule has 2 aromatic rings. The molecule has 4 heteroatoms. The minimum atomic E-state index is 0.638. The average molecular weight is 244 g/mol. The summed E-state index contributed by atoms with van der Waals surface area (Å²) in [6.07, 6.45) is 9.45. The minimum Gasteiger partial charge on any atom is -0.330 e. The van der Waals surface area contributed by atoms with Gasteiger partial charge in [-0.15, -0.1) is 0 Å². The molecule has 2 aromatic heterocycles. The minimum absolute atomic E-state index is 0.638.